The Morgan fingerprint density at radius 3 is 1.50 bits per heavy atom. The van der Waals surface area contributed by atoms with Crippen LogP contribution in [-0.2, 0) is 0 Å². The summed E-state index contributed by atoms with van der Waals surface area (Å²) in [6.07, 6.45) is 4.08. The fourth-order valence-electron chi connectivity index (χ4n) is 1.08. The summed E-state index contributed by atoms with van der Waals surface area (Å²) >= 11 is 5.61. The number of hydrogen-bond donors (Lipinski definition) is 2. The molecule has 0 aromatic carbocycles. The van der Waals surface area contributed by atoms with Gasteiger partial charge in [-0.25, -0.2) is 0 Å². The first kappa shape index (κ1) is 24.1. The number of rotatable bonds is 1. The Kier molecular flexibility index (Phi) is 40.5. The molecule has 1 fully saturated rings. The second kappa shape index (κ2) is 23.5. The van der Waals surface area contributed by atoms with E-state index in [2.05, 4.69) is 16.4 Å². The minimum atomic E-state index is 0. The molecule has 3 nitrogen and oxygen atoms in total. The van der Waals surface area contributed by atoms with Gasteiger partial charge in [0.1, 0.15) is 0 Å². The second-order valence-electron chi connectivity index (χ2n) is 2.30. The van der Waals surface area contributed by atoms with Gasteiger partial charge in [-0.1, -0.05) is 6.42 Å². The summed E-state index contributed by atoms with van der Waals surface area (Å²) in [4.78, 5) is 2.28. The van der Waals surface area contributed by atoms with Crippen molar-refractivity contribution in [3.8, 4) is 0 Å². The number of nitrogens with two attached hydrogens (primary N) is 2. The van der Waals surface area contributed by atoms with Gasteiger partial charge in [0.15, 0.2) is 0 Å². The van der Waals surface area contributed by atoms with Gasteiger partial charge in [0, 0.05) is 0 Å². The minimum absolute atomic E-state index is 0. The molecule has 0 atom stereocenters. The van der Waals surface area contributed by atoms with E-state index in [1.165, 1.54) is 46.4 Å². The second-order valence-corrected chi connectivity index (χ2v) is 2.54. The van der Waals surface area contributed by atoms with Crippen LogP contribution in [-0.4, -0.2) is 38.1 Å². The molecule has 0 aliphatic carbocycles. The van der Waals surface area contributed by atoms with Gasteiger partial charge in [0.2, 0.25) is 0 Å². The predicted molar refractivity (Wildman–Crippen MR) is 70.9 cm³/mol. The van der Waals surface area contributed by atoms with Crippen LogP contribution in [0.2, 0.25) is 0 Å². The highest BCUT2D eigenvalue weighted by atomic mass is 35.5. The van der Waals surface area contributed by atoms with Gasteiger partial charge >= 0.3 is 0 Å². The Morgan fingerprint density at radius 2 is 1.29 bits per heavy atom. The van der Waals surface area contributed by atoms with E-state index in [1.807, 2.05) is 0 Å². The number of halogens is 3. The summed E-state index contributed by atoms with van der Waals surface area (Å²) in [5.74, 6) is 0. The van der Waals surface area contributed by atoms with E-state index in [4.69, 9.17) is 11.6 Å². The van der Waals surface area contributed by atoms with Crippen molar-refractivity contribution in [3.63, 3.8) is 0 Å². The monoisotopic (exact) mass is 267 g/mol. The Bertz CT molecular complexity index is 70.9. The molecule has 1 aliphatic heterocycles. The lowest BCUT2D eigenvalue weighted by molar-refractivity contribution is 0.264. The smallest absolute Gasteiger partial charge is 0.0738 e. The molecule has 0 unspecified atom stereocenters. The number of alkyl halides is 1. The molecule has 92 valence electrons. The first-order valence-corrected chi connectivity index (χ1v) is 4.91. The maximum absolute atomic E-state index is 5.61. The quantitative estimate of drug-likeness (QED) is 0.562. The van der Waals surface area contributed by atoms with Crippen molar-refractivity contribution >= 4 is 36.4 Å². The Hall–Kier alpha value is 0.750. The zero-order valence-electron chi connectivity index (χ0n) is 9.04. The van der Waals surface area contributed by atoms with Gasteiger partial charge in [0.25, 0.3) is 0 Å². The molecule has 0 aromatic rings. The molecule has 6 heteroatoms. The van der Waals surface area contributed by atoms with Crippen molar-refractivity contribution in [1.29, 1.82) is 0 Å². The van der Waals surface area contributed by atoms with E-state index in [0.29, 0.717) is 0 Å². The molecular formula is C8H24Cl3N3. The molecule has 4 N–H and O–H groups in total. The summed E-state index contributed by atoms with van der Waals surface area (Å²) in [5, 5.41) is 0. The maximum atomic E-state index is 5.61. The van der Waals surface area contributed by atoms with Crippen LogP contribution in [0.15, 0.2) is 0 Å². The highest BCUT2D eigenvalue weighted by Crippen LogP contribution is 2.07. The van der Waals surface area contributed by atoms with Gasteiger partial charge in [-0.15, -0.1) is 36.4 Å². The summed E-state index contributed by atoms with van der Waals surface area (Å²) in [5.41, 5.74) is 9.00. The first-order valence-electron chi connectivity index (χ1n) is 4.37. The first-order chi connectivity index (χ1) is 5.93. The van der Waals surface area contributed by atoms with E-state index in [-0.39, 0.29) is 24.8 Å². The molecule has 0 spiro atoms. The highest BCUT2D eigenvalue weighted by molar-refractivity contribution is 6.17. The molecule has 1 saturated heterocycles. The van der Waals surface area contributed by atoms with Crippen LogP contribution in [0.1, 0.15) is 19.3 Å². The van der Waals surface area contributed by atoms with E-state index in [9.17, 15) is 0 Å². The maximum Gasteiger partial charge on any atom is 0.0738 e. The Balaban J connectivity index is -0.0000000750. The fraction of sp³-hybridized carbons (Fsp3) is 1.00. The number of nitrogens with zero attached hydrogens (tertiary/aromatic N) is 1. The number of hydrogen-bond acceptors (Lipinski definition) is 3. The molecule has 14 heavy (non-hydrogen) atoms. The summed E-state index contributed by atoms with van der Waals surface area (Å²) in [6.45, 7) is 2.42. The zero-order valence-corrected chi connectivity index (χ0v) is 11.4. The van der Waals surface area contributed by atoms with Gasteiger partial charge in [-0.3, -0.25) is 4.90 Å². The Morgan fingerprint density at radius 1 is 0.929 bits per heavy atom. The van der Waals surface area contributed by atoms with Crippen LogP contribution < -0.4 is 11.5 Å². The van der Waals surface area contributed by atoms with Crippen molar-refractivity contribution in [3.05, 3.63) is 0 Å². The topological polar surface area (TPSA) is 55.3 Å². The summed E-state index contributed by atoms with van der Waals surface area (Å²) < 4.78 is 0. The van der Waals surface area contributed by atoms with Crippen LogP contribution in [0.5, 0.6) is 0 Å². The summed E-state index contributed by atoms with van der Waals surface area (Å²) in [6, 6.07) is 0.722. The third-order valence-corrected chi connectivity index (χ3v) is 1.96. The average Bonchev–Trinajstić information content (AvgIpc) is 2.25. The van der Waals surface area contributed by atoms with E-state index in [1.54, 1.807) is 0 Å². The van der Waals surface area contributed by atoms with E-state index in [0.717, 1.165) is 6.00 Å². The molecule has 1 heterocycles. The summed E-state index contributed by atoms with van der Waals surface area (Å²) in [7, 11) is 3.00. The lowest BCUT2D eigenvalue weighted by Gasteiger charge is -2.23. The van der Waals surface area contributed by atoms with E-state index < -0.39 is 0 Å². The lowest BCUT2D eigenvalue weighted by atomic mass is 10.1. The molecular weight excluding hydrogens is 244 g/mol. The van der Waals surface area contributed by atoms with Crippen LogP contribution in [0.25, 0.3) is 0 Å². The van der Waals surface area contributed by atoms with Crippen molar-refractivity contribution in [2.75, 3.05) is 33.2 Å². The van der Waals surface area contributed by atoms with Crippen molar-refractivity contribution in [2.24, 2.45) is 11.5 Å². The van der Waals surface area contributed by atoms with Crippen LogP contribution in [0, 0.1) is 0 Å². The molecule has 0 bridgehead atoms. The largest absolute Gasteiger partial charge is 0.333 e. The number of piperidine rings is 1. The van der Waals surface area contributed by atoms with Gasteiger partial charge in [-0.2, -0.15) is 0 Å². The molecule has 0 radical (unpaired) electrons. The molecule has 0 aromatic heterocycles. The molecule has 1 aliphatic rings. The SMILES string of the molecule is CN.CN.Cl.Cl.ClCN1CCCCC1. The van der Waals surface area contributed by atoms with Crippen LogP contribution >= 0.6 is 36.4 Å². The van der Waals surface area contributed by atoms with Gasteiger partial charge in [0.05, 0.1) is 6.00 Å². The van der Waals surface area contributed by atoms with Crippen molar-refractivity contribution in [2.45, 2.75) is 19.3 Å². The normalized spacial score (nSPS) is 14.4. The molecule has 0 saturated carbocycles. The molecule has 0 amide bonds. The Labute approximate surface area is 105 Å². The van der Waals surface area contributed by atoms with Crippen LogP contribution in [0.4, 0.5) is 0 Å². The minimum Gasteiger partial charge on any atom is -0.333 e. The third-order valence-electron chi connectivity index (χ3n) is 1.62. The van der Waals surface area contributed by atoms with Gasteiger partial charge < -0.3 is 11.5 Å². The predicted octanol–water partition coefficient (Wildman–Crippen LogP) is 1.66. The van der Waals surface area contributed by atoms with Crippen LogP contribution in [0.3, 0.4) is 0 Å². The average molecular weight is 269 g/mol. The number of likely N-dealkylation sites (tertiary alicyclic amines) is 1. The van der Waals surface area contributed by atoms with Gasteiger partial charge in [-0.05, 0) is 40.0 Å². The fourth-order valence-corrected chi connectivity index (χ4v) is 1.32. The van der Waals surface area contributed by atoms with Crippen molar-refractivity contribution in [1.82, 2.24) is 4.90 Å². The van der Waals surface area contributed by atoms with Crippen molar-refractivity contribution < 1.29 is 0 Å². The lowest BCUT2D eigenvalue weighted by Crippen LogP contribution is -2.28. The molecule has 1 rings (SSSR count). The standard InChI is InChI=1S/C6H12ClN.2CH5N.2ClH/c7-6-8-4-2-1-3-5-8;2*1-2;;/h1-6H2;2*2H2,1H3;2*1H. The highest BCUT2D eigenvalue weighted by Gasteiger charge is 2.06. The third kappa shape index (κ3) is 15.2. The zero-order chi connectivity index (χ0) is 9.82. The van der Waals surface area contributed by atoms with E-state index >= 15 is 0 Å².